The van der Waals surface area contributed by atoms with Crippen molar-refractivity contribution in [2.75, 3.05) is 11.4 Å². The van der Waals surface area contributed by atoms with Gasteiger partial charge in [0.05, 0.1) is 31.8 Å². The third kappa shape index (κ3) is 3.85. The lowest BCUT2D eigenvalue weighted by atomic mass is 10.0. The molecule has 0 spiro atoms. The summed E-state index contributed by atoms with van der Waals surface area (Å²) in [6, 6.07) is 20.5. The highest BCUT2D eigenvalue weighted by atomic mass is 32.2. The van der Waals surface area contributed by atoms with E-state index in [0.717, 1.165) is 16.7 Å². The van der Waals surface area contributed by atoms with Crippen molar-refractivity contribution in [3.63, 3.8) is 0 Å². The van der Waals surface area contributed by atoms with E-state index in [4.69, 9.17) is 0 Å². The molecule has 1 amide bonds. The van der Waals surface area contributed by atoms with Gasteiger partial charge in [0.15, 0.2) is 0 Å². The second kappa shape index (κ2) is 8.36. The van der Waals surface area contributed by atoms with Crippen molar-refractivity contribution < 1.29 is 13.8 Å². The molecule has 0 N–H and O–H groups in total. The van der Waals surface area contributed by atoms with E-state index in [1.54, 1.807) is 35.2 Å². The van der Waals surface area contributed by atoms with Gasteiger partial charge in [-0.1, -0.05) is 48.0 Å². The summed E-state index contributed by atoms with van der Waals surface area (Å²) in [5.74, 6) is -0.0606. The highest BCUT2D eigenvalue weighted by Gasteiger charge is 2.30. The quantitative estimate of drug-likeness (QED) is 0.614. The smallest absolute Gasteiger partial charge is 0.259 e. The van der Waals surface area contributed by atoms with Crippen LogP contribution < -0.4 is 4.90 Å². The number of amides is 1. The maximum atomic E-state index is 13.2. The van der Waals surface area contributed by atoms with Crippen LogP contribution in [0.2, 0.25) is 0 Å². The predicted molar refractivity (Wildman–Crippen MR) is 119 cm³/mol. The lowest BCUT2D eigenvalue weighted by Crippen LogP contribution is -2.30. The number of anilines is 1. The Morgan fingerprint density at radius 3 is 2.30 bits per heavy atom. The zero-order chi connectivity index (χ0) is 21.3. The van der Waals surface area contributed by atoms with E-state index in [1.165, 1.54) is 0 Å². The Labute approximate surface area is 179 Å². The van der Waals surface area contributed by atoms with Crippen LogP contribution in [0.1, 0.15) is 34.0 Å². The van der Waals surface area contributed by atoms with Crippen molar-refractivity contribution in [1.29, 1.82) is 0 Å². The molecule has 1 aliphatic rings. The first-order valence-electron chi connectivity index (χ1n) is 10.0. The zero-order valence-electron chi connectivity index (χ0n) is 17.1. The summed E-state index contributed by atoms with van der Waals surface area (Å²) < 4.78 is 13.2. The fraction of sp³-hybridized carbons (Fsp3) is 0.200. The molecule has 152 valence electrons. The molecule has 4 nitrogen and oxygen atoms in total. The number of benzene rings is 3. The Kier molecular flexibility index (Phi) is 5.64. The van der Waals surface area contributed by atoms with Gasteiger partial charge in [0, 0.05) is 19.4 Å². The summed E-state index contributed by atoms with van der Waals surface area (Å²) in [5, 5.41) is 0. The maximum Gasteiger partial charge on any atom is 0.259 e. The highest BCUT2D eigenvalue weighted by Crippen LogP contribution is 2.35. The number of carbonyl (C=O) groups is 2. The molecule has 0 fully saturated rings. The minimum Gasteiger partial charge on any atom is -0.307 e. The molecule has 1 aliphatic heterocycles. The van der Waals surface area contributed by atoms with Crippen molar-refractivity contribution in [1.82, 2.24) is 0 Å². The summed E-state index contributed by atoms with van der Waals surface area (Å²) in [7, 11) is -1.45. The Bertz CT molecular complexity index is 1150. The minimum atomic E-state index is -1.45. The van der Waals surface area contributed by atoms with Gasteiger partial charge in [0.25, 0.3) is 5.91 Å². The predicted octanol–water partition coefficient (Wildman–Crippen LogP) is 4.50. The van der Waals surface area contributed by atoms with Crippen molar-refractivity contribution in [2.24, 2.45) is 0 Å². The molecule has 1 unspecified atom stereocenters. The Morgan fingerprint density at radius 2 is 1.57 bits per heavy atom. The molecule has 0 saturated heterocycles. The number of nitrogens with zero attached hydrogens (tertiary/aromatic N) is 1. The average Bonchev–Trinajstić information content (AvgIpc) is 2.83. The van der Waals surface area contributed by atoms with Crippen molar-refractivity contribution in [3.05, 3.63) is 89.0 Å². The van der Waals surface area contributed by atoms with Crippen LogP contribution in [0.25, 0.3) is 0 Å². The van der Waals surface area contributed by atoms with Crippen molar-refractivity contribution in [2.45, 2.75) is 36.5 Å². The van der Waals surface area contributed by atoms with Crippen LogP contribution in [0, 0.1) is 6.92 Å². The maximum absolute atomic E-state index is 13.2. The Balaban J connectivity index is 1.64. The van der Waals surface area contributed by atoms with Gasteiger partial charge in [-0.3, -0.25) is 9.59 Å². The van der Waals surface area contributed by atoms with Crippen LogP contribution in [-0.4, -0.2) is 22.4 Å². The second-order valence-electron chi connectivity index (χ2n) is 7.49. The number of rotatable bonds is 5. The number of ketones is 1. The van der Waals surface area contributed by atoms with E-state index in [-0.39, 0.29) is 18.1 Å². The summed E-state index contributed by atoms with van der Waals surface area (Å²) >= 11 is 0. The normalized spacial score (nSPS) is 15.3. The fourth-order valence-electron chi connectivity index (χ4n) is 3.76. The largest absolute Gasteiger partial charge is 0.307 e. The van der Waals surface area contributed by atoms with E-state index < -0.39 is 10.8 Å². The van der Waals surface area contributed by atoms with Gasteiger partial charge in [-0.15, -0.1) is 0 Å². The summed E-state index contributed by atoms with van der Waals surface area (Å²) in [6.45, 7) is 4.37. The topological polar surface area (TPSA) is 54.5 Å². The highest BCUT2D eigenvalue weighted by molar-refractivity contribution is 7.85. The molecule has 1 heterocycles. The zero-order valence-corrected chi connectivity index (χ0v) is 17.9. The van der Waals surface area contributed by atoms with Crippen LogP contribution in [0.4, 0.5) is 5.69 Å². The molecule has 3 aromatic rings. The second-order valence-corrected chi connectivity index (χ2v) is 8.91. The molecule has 0 radical (unpaired) electrons. The number of hydrogen-bond donors (Lipinski definition) is 0. The molecule has 4 rings (SSSR count). The molecule has 0 aliphatic carbocycles. The number of hydrogen-bond acceptors (Lipinski definition) is 3. The van der Waals surface area contributed by atoms with Gasteiger partial charge in [-0.25, -0.2) is 4.21 Å². The van der Waals surface area contributed by atoms with Gasteiger partial charge in [0.2, 0.25) is 0 Å². The van der Waals surface area contributed by atoms with Crippen LogP contribution in [0.3, 0.4) is 0 Å². The Hall–Kier alpha value is -3.05. The van der Waals surface area contributed by atoms with Crippen molar-refractivity contribution in [3.8, 4) is 0 Å². The van der Waals surface area contributed by atoms with E-state index in [0.29, 0.717) is 34.0 Å². The molecule has 3 aromatic carbocycles. The van der Waals surface area contributed by atoms with Crippen LogP contribution in [-0.2, 0) is 28.4 Å². The first kappa shape index (κ1) is 20.2. The van der Waals surface area contributed by atoms with E-state index in [9.17, 15) is 13.8 Å². The van der Waals surface area contributed by atoms with Crippen molar-refractivity contribution >= 4 is 28.2 Å². The van der Waals surface area contributed by atoms with Gasteiger partial charge in [0.1, 0.15) is 5.78 Å². The van der Waals surface area contributed by atoms with E-state index in [2.05, 4.69) is 0 Å². The Morgan fingerprint density at radius 1 is 0.900 bits per heavy atom. The molecule has 0 bridgehead atoms. The first-order chi connectivity index (χ1) is 14.5. The first-order valence-corrected chi connectivity index (χ1v) is 11.2. The molecular weight excluding hydrogens is 394 g/mol. The standard InChI is InChI=1S/C25H23NO3S/c1-3-26-22-16-19(15-20(27)14-18-10-8-17(2)9-11-18)12-13-24(22)30(29)23-7-5-4-6-21(23)25(26)28/h4-13,16H,3,14-15H2,1-2H3. The van der Waals surface area contributed by atoms with Crippen LogP contribution in [0.5, 0.6) is 0 Å². The van der Waals surface area contributed by atoms with Gasteiger partial charge >= 0.3 is 0 Å². The molecule has 30 heavy (non-hydrogen) atoms. The monoisotopic (exact) mass is 417 g/mol. The summed E-state index contributed by atoms with van der Waals surface area (Å²) in [5.41, 5.74) is 4.06. The number of Topliss-reactive ketones (excluding diaryl/α,β-unsaturated/α-hetero) is 1. The summed E-state index contributed by atoms with van der Waals surface area (Å²) in [4.78, 5) is 28.5. The van der Waals surface area contributed by atoms with Crippen LogP contribution in [0.15, 0.2) is 76.5 Å². The third-order valence-corrected chi connectivity index (χ3v) is 6.82. The molecule has 1 atom stereocenters. The lowest BCUT2D eigenvalue weighted by Gasteiger charge is -2.21. The number of carbonyl (C=O) groups excluding carboxylic acids is 2. The molecule has 0 aromatic heterocycles. The van der Waals surface area contributed by atoms with Crippen LogP contribution >= 0.6 is 0 Å². The molecular formula is C25H23NO3S. The fourth-order valence-corrected chi connectivity index (χ4v) is 5.10. The van der Waals surface area contributed by atoms with Gasteiger partial charge < -0.3 is 4.90 Å². The van der Waals surface area contributed by atoms with Gasteiger partial charge in [-0.05, 0) is 49.2 Å². The average molecular weight is 418 g/mol. The third-order valence-electron chi connectivity index (χ3n) is 5.32. The SMILES string of the molecule is CCN1C(=O)c2ccccc2S(=O)c2ccc(CC(=O)Cc3ccc(C)cc3)cc21. The number of fused-ring (bicyclic) bond motifs is 2. The summed E-state index contributed by atoms with van der Waals surface area (Å²) in [6.07, 6.45) is 0.637. The number of aryl methyl sites for hydroxylation is 1. The lowest BCUT2D eigenvalue weighted by molar-refractivity contribution is -0.117. The van der Waals surface area contributed by atoms with E-state index >= 15 is 0 Å². The molecule has 5 heteroatoms. The van der Waals surface area contributed by atoms with Gasteiger partial charge in [-0.2, -0.15) is 0 Å². The minimum absolute atomic E-state index is 0.103. The molecule has 0 saturated carbocycles. The van der Waals surface area contributed by atoms with E-state index in [1.807, 2.05) is 50.2 Å².